The van der Waals surface area contributed by atoms with Crippen molar-refractivity contribution in [2.24, 2.45) is 0 Å². The summed E-state index contributed by atoms with van der Waals surface area (Å²) in [5, 5.41) is 2.33. The third-order valence-electron chi connectivity index (χ3n) is 4.67. The van der Waals surface area contributed by atoms with Gasteiger partial charge in [-0.15, -0.1) is 0 Å². The van der Waals surface area contributed by atoms with Crippen LogP contribution in [0.5, 0.6) is 17.2 Å². The first-order chi connectivity index (χ1) is 14.1. The first kappa shape index (κ1) is 19.2. The van der Waals surface area contributed by atoms with Crippen LogP contribution in [0.4, 0.5) is 0 Å². The summed E-state index contributed by atoms with van der Waals surface area (Å²) in [6.07, 6.45) is 0. The number of carbonyl (C=O) groups excluding carboxylic acids is 1. The minimum atomic E-state index is -0.140. The number of benzene rings is 3. The summed E-state index contributed by atoms with van der Waals surface area (Å²) < 4.78 is 16.6. The Hall–Kier alpha value is -3.08. The van der Waals surface area contributed by atoms with Crippen LogP contribution in [-0.2, 0) is 0 Å². The van der Waals surface area contributed by atoms with E-state index in [-0.39, 0.29) is 20.3 Å². The van der Waals surface area contributed by atoms with Crippen molar-refractivity contribution in [1.82, 2.24) is 4.98 Å². The summed E-state index contributed by atoms with van der Waals surface area (Å²) in [5.41, 5.74) is 2.32. The molecule has 4 aromatic rings. The summed E-state index contributed by atoms with van der Waals surface area (Å²) in [4.78, 5) is 19.8. The number of hydrogen-bond donors (Lipinski definition) is 0. The average molecular weight is 452 g/mol. The summed E-state index contributed by atoms with van der Waals surface area (Å²) in [6.45, 7) is 0. The Kier molecular flexibility index (Phi) is 5.38. The van der Waals surface area contributed by atoms with Crippen molar-refractivity contribution in [3.63, 3.8) is 0 Å². The molecule has 5 nitrogen and oxygen atoms in total. The first-order valence-corrected chi connectivity index (χ1v) is 10.8. The van der Waals surface area contributed by atoms with Gasteiger partial charge in [0, 0.05) is 0 Å². The average Bonchev–Trinajstić information content (AvgIpc) is 3.27. The van der Waals surface area contributed by atoms with Crippen molar-refractivity contribution in [1.29, 1.82) is 0 Å². The number of carbonyl (C=O) groups is 1. The molecule has 1 heterocycles. The van der Waals surface area contributed by atoms with Crippen molar-refractivity contribution in [2.45, 2.75) is 0 Å². The van der Waals surface area contributed by atoms with Crippen molar-refractivity contribution in [3.8, 4) is 28.5 Å². The molecule has 0 saturated carbocycles. The summed E-state index contributed by atoms with van der Waals surface area (Å²) in [5.74, 6) is 1.23. The molecule has 0 radical (unpaired) electrons. The zero-order valence-electron chi connectivity index (χ0n) is 16.3. The molecule has 0 N–H and O–H groups in total. The Balaban J connectivity index is 1.69. The van der Waals surface area contributed by atoms with E-state index in [2.05, 4.69) is 29.2 Å². The number of rotatable bonds is 6. The monoisotopic (exact) mass is 453 g/mol. The topological polar surface area (TPSA) is 57.7 Å². The molecular weight excluding hydrogens is 433 g/mol. The molecule has 3 aromatic carbocycles. The van der Waals surface area contributed by atoms with Crippen LogP contribution in [0.15, 0.2) is 59.5 Å². The molecule has 0 spiro atoms. The molecule has 0 fully saturated rings. The fourth-order valence-electron chi connectivity index (χ4n) is 3.19. The number of ether oxygens (including phenoxy) is 3. The number of ketones is 1. The van der Waals surface area contributed by atoms with Crippen molar-refractivity contribution in [2.75, 3.05) is 21.3 Å². The Morgan fingerprint density at radius 1 is 0.862 bits per heavy atom. The predicted octanol–water partition coefficient (Wildman–Crippen LogP) is 4.22. The van der Waals surface area contributed by atoms with Crippen LogP contribution in [0.2, 0.25) is 0 Å². The predicted molar refractivity (Wildman–Crippen MR) is 114 cm³/mol. The SMILES string of the molecule is COc1cc(C(=O)c2nc(-c3ccc4ccccc4c3)c[se]2)cc(OC)c1OC. The summed E-state index contributed by atoms with van der Waals surface area (Å²) >= 11 is -0.140. The zero-order valence-corrected chi connectivity index (χ0v) is 18.0. The van der Waals surface area contributed by atoms with Gasteiger partial charge in [0.05, 0.1) is 0 Å². The molecule has 0 bridgehead atoms. The van der Waals surface area contributed by atoms with Crippen LogP contribution in [-0.4, -0.2) is 46.6 Å². The molecular formula is C23H19NO4Se. The molecule has 0 aliphatic rings. The number of fused-ring (bicyclic) bond motifs is 1. The molecule has 6 heteroatoms. The molecule has 146 valence electrons. The molecule has 0 aliphatic heterocycles. The van der Waals surface area contributed by atoms with Crippen LogP contribution in [0.1, 0.15) is 14.9 Å². The van der Waals surface area contributed by atoms with Gasteiger partial charge in [0.15, 0.2) is 0 Å². The van der Waals surface area contributed by atoms with Gasteiger partial charge >= 0.3 is 175 Å². The van der Waals surface area contributed by atoms with Gasteiger partial charge in [-0.05, 0) is 0 Å². The van der Waals surface area contributed by atoms with Crippen molar-refractivity contribution < 1.29 is 19.0 Å². The van der Waals surface area contributed by atoms with E-state index in [0.29, 0.717) is 27.4 Å². The van der Waals surface area contributed by atoms with E-state index in [9.17, 15) is 4.79 Å². The van der Waals surface area contributed by atoms with E-state index in [4.69, 9.17) is 14.2 Å². The van der Waals surface area contributed by atoms with Crippen LogP contribution < -0.4 is 14.2 Å². The van der Waals surface area contributed by atoms with E-state index in [1.54, 1.807) is 12.1 Å². The van der Waals surface area contributed by atoms with Crippen molar-refractivity contribution in [3.05, 3.63) is 69.7 Å². The molecule has 1 aromatic heterocycles. The van der Waals surface area contributed by atoms with E-state index in [0.717, 1.165) is 16.6 Å². The second kappa shape index (κ2) is 8.11. The van der Waals surface area contributed by atoms with Gasteiger partial charge in [-0.1, -0.05) is 0 Å². The maximum atomic E-state index is 13.1. The van der Waals surface area contributed by atoms with Crippen LogP contribution >= 0.6 is 0 Å². The minimum absolute atomic E-state index is 0.128. The van der Waals surface area contributed by atoms with Crippen LogP contribution in [0.3, 0.4) is 0 Å². The Bertz CT molecular complexity index is 1170. The fraction of sp³-hybridized carbons (Fsp3) is 0.130. The molecule has 0 saturated heterocycles. The van der Waals surface area contributed by atoms with Gasteiger partial charge in [0.2, 0.25) is 0 Å². The van der Waals surface area contributed by atoms with Crippen LogP contribution in [0.25, 0.3) is 22.0 Å². The van der Waals surface area contributed by atoms with Crippen LogP contribution in [0, 0.1) is 0 Å². The zero-order chi connectivity index (χ0) is 20.4. The molecule has 0 aliphatic carbocycles. The van der Waals surface area contributed by atoms with Gasteiger partial charge < -0.3 is 0 Å². The first-order valence-electron chi connectivity index (χ1n) is 8.94. The van der Waals surface area contributed by atoms with E-state index in [1.807, 2.05) is 23.1 Å². The fourth-order valence-corrected chi connectivity index (χ4v) is 4.85. The molecule has 0 atom stereocenters. The van der Waals surface area contributed by atoms with Crippen molar-refractivity contribution >= 4 is 31.1 Å². The maximum absolute atomic E-state index is 13.1. The number of nitrogens with zero attached hydrogens (tertiary/aromatic N) is 1. The van der Waals surface area contributed by atoms with E-state index < -0.39 is 0 Å². The normalized spacial score (nSPS) is 10.7. The molecule has 0 unspecified atom stereocenters. The Labute approximate surface area is 174 Å². The standard InChI is InChI=1S/C23H19NO4Se/c1-26-19-11-17(12-20(27-2)22(19)28-3)21(25)23-24-18(13-29-23)16-9-8-14-6-4-5-7-15(14)10-16/h4-13H,1-3H3. The molecule has 0 amide bonds. The Morgan fingerprint density at radius 3 is 2.21 bits per heavy atom. The second-order valence-corrected chi connectivity index (χ2v) is 8.14. The van der Waals surface area contributed by atoms with E-state index >= 15 is 0 Å². The summed E-state index contributed by atoms with van der Waals surface area (Å²) in [6, 6.07) is 17.7. The number of hydrogen-bond acceptors (Lipinski definition) is 5. The van der Waals surface area contributed by atoms with E-state index in [1.165, 1.54) is 26.7 Å². The third kappa shape index (κ3) is 3.65. The molecule has 4 rings (SSSR count). The summed E-state index contributed by atoms with van der Waals surface area (Å²) in [7, 11) is 4.59. The molecule has 29 heavy (non-hydrogen) atoms. The Morgan fingerprint density at radius 2 is 1.55 bits per heavy atom. The van der Waals surface area contributed by atoms with Gasteiger partial charge in [0.25, 0.3) is 0 Å². The van der Waals surface area contributed by atoms with Gasteiger partial charge in [-0.2, -0.15) is 0 Å². The number of aromatic nitrogens is 1. The second-order valence-electron chi connectivity index (χ2n) is 6.34. The third-order valence-corrected chi connectivity index (χ3v) is 6.44. The van der Waals surface area contributed by atoms with Gasteiger partial charge in [-0.3, -0.25) is 0 Å². The van der Waals surface area contributed by atoms with Gasteiger partial charge in [0.1, 0.15) is 0 Å². The quantitative estimate of drug-likeness (QED) is 0.324. The number of methoxy groups -OCH3 is 3. The van der Waals surface area contributed by atoms with Gasteiger partial charge in [-0.25, -0.2) is 0 Å².